The minimum absolute atomic E-state index is 0.0173. The summed E-state index contributed by atoms with van der Waals surface area (Å²) in [5, 5.41) is 3.06. The molecule has 0 radical (unpaired) electrons. The summed E-state index contributed by atoms with van der Waals surface area (Å²) in [6, 6.07) is 15.6. The van der Waals surface area contributed by atoms with Crippen LogP contribution in [0.2, 0.25) is 0 Å². The number of hydrogen-bond donors (Lipinski definition) is 1. The number of aromatic nitrogens is 1. The van der Waals surface area contributed by atoms with Crippen LogP contribution >= 0.6 is 15.9 Å². The molecule has 5 rings (SSSR count). The SMILES string of the molecule is Cc1oc(-c2cccc(Br)c2)nc1CN1CCC(C(=O)NC[C@@H]2COc3ccccc3O2)CC1. The quantitative estimate of drug-likeness (QED) is 0.507. The molecule has 1 N–H and O–H groups in total. The van der Waals surface area contributed by atoms with Crippen molar-refractivity contribution in [1.29, 1.82) is 0 Å². The largest absolute Gasteiger partial charge is 0.486 e. The number of nitrogens with one attached hydrogen (secondary N) is 1. The second kappa shape index (κ2) is 10.2. The van der Waals surface area contributed by atoms with Crippen LogP contribution in [0.15, 0.2) is 57.4 Å². The molecule has 1 fully saturated rings. The van der Waals surface area contributed by atoms with Crippen molar-refractivity contribution >= 4 is 21.8 Å². The summed E-state index contributed by atoms with van der Waals surface area (Å²) in [7, 11) is 0. The first-order valence-corrected chi connectivity index (χ1v) is 12.5. The smallest absolute Gasteiger partial charge is 0.226 e. The molecular formula is C26H28BrN3O4. The van der Waals surface area contributed by atoms with Crippen molar-refractivity contribution in [3.05, 3.63) is 64.5 Å². The van der Waals surface area contributed by atoms with Crippen LogP contribution in [0.5, 0.6) is 11.5 Å². The van der Waals surface area contributed by atoms with Crippen LogP contribution in [0.1, 0.15) is 24.3 Å². The number of nitrogens with zero attached hydrogens (tertiary/aromatic N) is 2. The predicted molar refractivity (Wildman–Crippen MR) is 132 cm³/mol. The molecule has 7 nitrogen and oxygen atoms in total. The van der Waals surface area contributed by atoms with Gasteiger partial charge in [-0.05, 0) is 63.2 Å². The minimum atomic E-state index is -0.173. The number of hydrogen-bond acceptors (Lipinski definition) is 6. The Kier molecular flexibility index (Phi) is 6.87. The standard InChI is InChI=1S/C26H28BrN3O4/c1-17-22(29-26(33-17)19-5-4-6-20(27)13-19)15-30-11-9-18(10-12-30)25(31)28-14-21-16-32-23-7-2-3-8-24(23)34-21/h2-8,13,18,21H,9-12,14-16H2,1H3,(H,28,31)/t21-/m1/s1. The van der Waals surface area contributed by atoms with E-state index in [1.807, 2.05) is 55.5 Å². The molecule has 3 aromatic rings. The lowest BCUT2D eigenvalue weighted by atomic mass is 9.95. The van der Waals surface area contributed by atoms with Gasteiger partial charge in [0.2, 0.25) is 11.8 Å². The molecular weight excluding hydrogens is 498 g/mol. The van der Waals surface area contributed by atoms with Gasteiger partial charge >= 0.3 is 0 Å². The van der Waals surface area contributed by atoms with E-state index in [1.54, 1.807) is 0 Å². The average Bonchev–Trinajstić information content (AvgIpc) is 3.23. The lowest BCUT2D eigenvalue weighted by Gasteiger charge is -2.31. The molecule has 1 amide bonds. The van der Waals surface area contributed by atoms with E-state index < -0.39 is 0 Å². The Labute approximate surface area is 207 Å². The van der Waals surface area contributed by atoms with Crippen LogP contribution in [0.3, 0.4) is 0 Å². The number of rotatable bonds is 6. The van der Waals surface area contributed by atoms with Crippen molar-refractivity contribution in [1.82, 2.24) is 15.2 Å². The van der Waals surface area contributed by atoms with E-state index in [4.69, 9.17) is 18.9 Å². The molecule has 0 saturated carbocycles. The molecule has 0 spiro atoms. The first kappa shape index (κ1) is 22.9. The molecule has 178 valence electrons. The van der Waals surface area contributed by atoms with Gasteiger partial charge in [-0.2, -0.15) is 0 Å². The zero-order valence-corrected chi connectivity index (χ0v) is 20.7. The number of carbonyl (C=O) groups is 1. The van der Waals surface area contributed by atoms with Gasteiger partial charge < -0.3 is 19.2 Å². The Balaban J connectivity index is 1.09. The van der Waals surface area contributed by atoms with Gasteiger partial charge in [0.25, 0.3) is 0 Å². The summed E-state index contributed by atoms with van der Waals surface area (Å²) in [6.07, 6.45) is 1.48. The van der Waals surface area contributed by atoms with Crippen LogP contribution in [-0.2, 0) is 11.3 Å². The van der Waals surface area contributed by atoms with Crippen LogP contribution < -0.4 is 14.8 Å². The zero-order chi connectivity index (χ0) is 23.5. The lowest BCUT2D eigenvalue weighted by molar-refractivity contribution is -0.127. The van der Waals surface area contributed by atoms with E-state index in [2.05, 4.69) is 26.1 Å². The fourth-order valence-corrected chi connectivity index (χ4v) is 4.81. The highest BCUT2D eigenvalue weighted by atomic mass is 79.9. The molecule has 0 aliphatic carbocycles. The Bertz CT molecular complexity index is 1160. The van der Waals surface area contributed by atoms with Crippen molar-refractivity contribution < 1.29 is 18.7 Å². The first-order chi connectivity index (χ1) is 16.5. The number of halogens is 1. The number of oxazole rings is 1. The maximum atomic E-state index is 12.7. The van der Waals surface area contributed by atoms with Crippen molar-refractivity contribution in [2.24, 2.45) is 5.92 Å². The summed E-state index contributed by atoms with van der Waals surface area (Å²) in [5.74, 6) is 3.07. The van der Waals surface area contributed by atoms with E-state index in [0.29, 0.717) is 19.0 Å². The summed E-state index contributed by atoms with van der Waals surface area (Å²) >= 11 is 3.50. The Morgan fingerprint density at radius 1 is 1.15 bits per heavy atom. The monoisotopic (exact) mass is 525 g/mol. The number of amides is 1. The first-order valence-electron chi connectivity index (χ1n) is 11.7. The fourth-order valence-electron chi connectivity index (χ4n) is 4.41. The van der Waals surface area contributed by atoms with Crippen molar-refractivity contribution in [2.75, 3.05) is 26.2 Å². The van der Waals surface area contributed by atoms with Crippen LogP contribution in [0.4, 0.5) is 0 Å². The Morgan fingerprint density at radius 2 is 1.94 bits per heavy atom. The molecule has 1 saturated heterocycles. The second-order valence-electron chi connectivity index (χ2n) is 8.83. The van der Waals surface area contributed by atoms with Crippen molar-refractivity contribution in [2.45, 2.75) is 32.4 Å². The molecule has 34 heavy (non-hydrogen) atoms. The number of ether oxygens (including phenoxy) is 2. The number of carbonyl (C=O) groups excluding carboxylic acids is 1. The molecule has 2 aliphatic rings. The van der Waals surface area contributed by atoms with E-state index in [-0.39, 0.29) is 17.9 Å². The van der Waals surface area contributed by atoms with E-state index in [1.165, 1.54) is 0 Å². The minimum Gasteiger partial charge on any atom is -0.486 e. The Morgan fingerprint density at radius 3 is 2.74 bits per heavy atom. The predicted octanol–water partition coefficient (Wildman–Crippen LogP) is 4.58. The second-order valence-corrected chi connectivity index (χ2v) is 9.74. The lowest BCUT2D eigenvalue weighted by Crippen LogP contribution is -2.45. The molecule has 3 heterocycles. The van der Waals surface area contributed by atoms with Gasteiger partial charge in [0.05, 0.1) is 12.2 Å². The van der Waals surface area contributed by atoms with Crippen molar-refractivity contribution in [3.63, 3.8) is 0 Å². The Hall–Kier alpha value is -2.84. The highest BCUT2D eigenvalue weighted by Gasteiger charge is 2.28. The van der Waals surface area contributed by atoms with Crippen LogP contribution in [0, 0.1) is 12.8 Å². The number of piperidine rings is 1. The molecule has 0 unspecified atom stereocenters. The fraction of sp³-hybridized carbons (Fsp3) is 0.385. The van der Waals surface area contributed by atoms with E-state index in [0.717, 1.165) is 65.5 Å². The summed E-state index contributed by atoms with van der Waals surface area (Å²) < 4.78 is 18.6. The number of para-hydroxylation sites is 2. The number of likely N-dealkylation sites (tertiary alicyclic amines) is 1. The van der Waals surface area contributed by atoms with Gasteiger partial charge in [-0.1, -0.05) is 34.1 Å². The molecule has 2 aromatic carbocycles. The molecule has 8 heteroatoms. The van der Waals surface area contributed by atoms with Crippen LogP contribution in [-0.4, -0.2) is 48.1 Å². The molecule has 1 aromatic heterocycles. The maximum absolute atomic E-state index is 12.7. The van der Waals surface area contributed by atoms with E-state index in [9.17, 15) is 4.79 Å². The number of benzene rings is 2. The van der Waals surface area contributed by atoms with Gasteiger partial charge in [-0.3, -0.25) is 9.69 Å². The van der Waals surface area contributed by atoms with Crippen LogP contribution in [0.25, 0.3) is 11.5 Å². The third-order valence-electron chi connectivity index (χ3n) is 6.37. The van der Waals surface area contributed by atoms with Gasteiger partial charge in [0, 0.05) is 22.5 Å². The van der Waals surface area contributed by atoms with Crippen molar-refractivity contribution in [3.8, 4) is 23.0 Å². The molecule has 1 atom stereocenters. The highest BCUT2D eigenvalue weighted by Crippen LogP contribution is 2.31. The normalized spacial score (nSPS) is 18.6. The molecule has 0 bridgehead atoms. The topological polar surface area (TPSA) is 76.8 Å². The van der Waals surface area contributed by atoms with Gasteiger partial charge in [-0.15, -0.1) is 0 Å². The van der Waals surface area contributed by atoms with E-state index >= 15 is 0 Å². The third-order valence-corrected chi connectivity index (χ3v) is 6.86. The average molecular weight is 526 g/mol. The number of fused-ring (bicyclic) bond motifs is 1. The maximum Gasteiger partial charge on any atom is 0.226 e. The number of aryl methyl sites for hydroxylation is 1. The molecule has 2 aliphatic heterocycles. The summed E-state index contributed by atoms with van der Waals surface area (Å²) in [5.41, 5.74) is 1.91. The zero-order valence-electron chi connectivity index (χ0n) is 19.1. The summed E-state index contributed by atoms with van der Waals surface area (Å²) in [6.45, 7) is 5.28. The van der Waals surface area contributed by atoms with Gasteiger partial charge in [0.15, 0.2) is 11.5 Å². The third kappa shape index (κ3) is 5.28. The summed E-state index contributed by atoms with van der Waals surface area (Å²) in [4.78, 5) is 19.8. The van der Waals surface area contributed by atoms with Gasteiger partial charge in [0.1, 0.15) is 18.5 Å². The van der Waals surface area contributed by atoms with Gasteiger partial charge in [-0.25, -0.2) is 4.98 Å². The highest BCUT2D eigenvalue weighted by molar-refractivity contribution is 9.10.